The van der Waals surface area contributed by atoms with Crippen molar-refractivity contribution >= 4 is 21.9 Å². The summed E-state index contributed by atoms with van der Waals surface area (Å²) in [6.07, 6.45) is 0. The van der Waals surface area contributed by atoms with E-state index >= 15 is 0 Å². The van der Waals surface area contributed by atoms with Gasteiger partial charge in [-0.25, -0.2) is 4.79 Å². The summed E-state index contributed by atoms with van der Waals surface area (Å²) < 4.78 is 26.9. The highest BCUT2D eigenvalue weighted by Gasteiger charge is 2.15. The number of hydrogen-bond acceptors (Lipinski definition) is 8. The van der Waals surface area contributed by atoms with E-state index in [2.05, 4.69) is 30.9 Å². The van der Waals surface area contributed by atoms with Crippen LogP contribution in [-0.2, 0) is 11.3 Å². The normalized spacial score (nSPS) is 10.5. The first-order chi connectivity index (χ1) is 12.1. The number of halogens is 1. The molecule has 0 aliphatic heterocycles. The molecule has 0 spiro atoms. The first-order valence-electron chi connectivity index (χ1n) is 7.08. The van der Waals surface area contributed by atoms with Crippen molar-refractivity contribution in [2.24, 2.45) is 0 Å². The summed E-state index contributed by atoms with van der Waals surface area (Å²) in [5.74, 6) is 1.31. The van der Waals surface area contributed by atoms with Crippen molar-refractivity contribution in [3.63, 3.8) is 0 Å². The molecule has 8 nitrogen and oxygen atoms in total. The van der Waals surface area contributed by atoms with E-state index in [1.807, 2.05) is 0 Å². The summed E-state index contributed by atoms with van der Waals surface area (Å²) in [6, 6.07) is 8.14. The summed E-state index contributed by atoms with van der Waals surface area (Å²) >= 11 is 3.21. The zero-order valence-electron chi connectivity index (χ0n) is 13.3. The van der Waals surface area contributed by atoms with Crippen molar-refractivity contribution in [3.05, 3.63) is 46.5 Å². The van der Waals surface area contributed by atoms with Crippen LogP contribution in [0.1, 0.15) is 16.2 Å². The van der Waals surface area contributed by atoms with Gasteiger partial charge >= 0.3 is 5.97 Å². The fourth-order valence-corrected chi connectivity index (χ4v) is 2.32. The SMILES string of the molecule is COC(=O)c1ccc(OCc2nnc(-c3ccc(Br)o3)o2)c(OC)c1. The summed E-state index contributed by atoms with van der Waals surface area (Å²) in [7, 11) is 2.78. The van der Waals surface area contributed by atoms with Crippen LogP contribution in [0.5, 0.6) is 11.5 Å². The molecule has 0 fully saturated rings. The molecule has 2 aromatic heterocycles. The van der Waals surface area contributed by atoms with Crippen LogP contribution < -0.4 is 9.47 Å². The number of carbonyl (C=O) groups excluding carboxylic acids is 1. The fraction of sp³-hybridized carbons (Fsp3) is 0.188. The molecule has 0 radical (unpaired) electrons. The highest BCUT2D eigenvalue weighted by Crippen LogP contribution is 2.29. The summed E-state index contributed by atoms with van der Waals surface area (Å²) in [6.45, 7) is 0.0306. The number of carbonyl (C=O) groups is 1. The van der Waals surface area contributed by atoms with Crippen LogP contribution in [0.15, 0.2) is 43.8 Å². The van der Waals surface area contributed by atoms with Gasteiger partial charge in [0.25, 0.3) is 11.8 Å². The van der Waals surface area contributed by atoms with Crippen molar-refractivity contribution in [1.29, 1.82) is 0 Å². The van der Waals surface area contributed by atoms with E-state index in [1.165, 1.54) is 20.3 Å². The Morgan fingerprint density at radius 2 is 1.96 bits per heavy atom. The maximum Gasteiger partial charge on any atom is 0.337 e. The van der Waals surface area contributed by atoms with Crippen LogP contribution in [0.3, 0.4) is 0 Å². The first kappa shape index (κ1) is 17.0. The Morgan fingerprint density at radius 3 is 2.64 bits per heavy atom. The number of hydrogen-bond donors (Lipinski definition) is 0. The first-order valence-corrected chi connectivity index (χ1v) is 7.87. The topological polar surface area (TPSA) is 96.8 Å². The number of methoxy groups -OCH3 is 2. The molecule has 0 saturated carbocycles. The van der Waals surface area contributed by atoms with E-state index in [9.17, 15) is 4.79 Å². The van der Waals surface area contributed by atoms with Gasteiger partial charge < -0.3 is 23.0 Å². The van der Waals surface area contributed by atoms with Crippen LogP contribution in [0.25, 0.3) is 11.7 Å². The molecule has 0 atom stereocenters. The van der Waals surface area contributed by atoms with E-state index in [0.717, 1.165) is 0 Å². The van der Waals surface area contributed by atoms with Crippen molar-refractivity contribution in [1.82, 2.24) is 10.2 Å². The lowest BCUT2D eigenvalue weighted by molar-refractivity contribution is 0.0600. The van der Waals surface area contributed by atoms with Gasteiger partial charge in [-0.05, 0) is 46.3 Å². The lowest BCUT2D eigenvalue weighted by Gasteiger charge is -2.10. The zero-order valence-corrected chi connectivity index (χ0v) is 14.9. The van der Waals surface area contributed by atoms with Gasteiger partial charge in [-0.2, -0.15) is 0 Å². The second-order valence-electron chi connectivity index (χ2n) is 4.75. The second-order valence-corrected chi connectivity index (χ2v) is 5.53. The van der Waals surface area contributed by atoms with Crippen molar-refractivity contribution in [2.45, 2.75) is 6.61 Å². The van der Waals surface area contributed by atoms with Gasteiger partial charge in [0.05, 0.1) is 19.8 Å². The average molecular weight is 409 g/mol. The van der Waals surface area contributed by atoms with Crippen LogP contribution in [0, 0.1) is 0 Å². The van der Waals surface area contributed by atoms with Gasteiger partial charge in [0.2, 0.25) is 0 Å². The molecule has 2 heterocycles. The van der Waals surface area contributed by atoms with Crippen molar-refractivity contribution in [2.75, 3.05) is 14.2 Å². The molecule has 0 saturated heterocycles. The maximum atomic E-state index is 11.5. The summed E-state index contributed by atoms with van der Waals surface area (Å²) in [4.78, 5) is 11.5. The second kappa shape index (κ2) is 7.39. The molecule has 0 unspecified atom stereocenters. The molecule has 0 aliphatic rings. The Kier molecular flexibility index (Phi) is 5.03. The molecule has 3 rings (SSSR count). The average Bonchev–Trinajstić information content (AvgIpc) is 3.27. The maximum absolute atomic E-state index is 11.5. The third-order valence-corrected chi connectivity index (χ3v) is 3.61. The molecule has 130 valence electrons. The van der Waals surface area contributed by atoms with Gasteiger partial charge in [0.1, 0.15) is 0 Å². The minimum Gasteiger partial charge on any atom is -0.493 e. The molecule has 0 N–H and O–H groups in total. The lowest BCUT2D eigenvalue weighted by Crippen LogP contribution is -2.03. The van der Waals surface area contributed by atoms with Crippen LogP contribution in [0.2, 0.25) is 0 Å². The van der Waals surface area contributed by atoms with Gasteiger partial charge in [0.15, 0.2) is 28.5 Å². The minimum atomic E-state index is -0.462. The Bertz CT molecular complexity index is 888. The van der Waals surface area contributed by atoms with Gasteiger partial charge in [-0.1, -0.05) is 0 Å². The van der Waals surface area contributed by atoms with Crippen LogP contribution in [-0.4, -0.2) is 30.4 Å². The van der Waals surface area contributed by atoms with Crippen LogP contribution in [0.4, 0.5) is 0 Å². The highest BCUT2D eigenvalue weighted by atomic mass is 79.9. The monoisotopic (exact) mass is 408 g/mol. The minimum absolute atomic E-state index is 0.0306. The van der Waals surface area contributed by atoms with E-state index in [4.69, 9.17) is 18.3 Å². The van der Waals surface area contributed by atoms with Crippen LogP contribution >= 0.6 is 15.9 Å². The molecule has 1 aromatic carbocycles. The number of aromatic nitrogens is 2. The smallest absolute Gasteiger partial charge is 0.337 e. The molecule has 0 amide bonds. The molecule has 25 heavy (non-hydrogen) atoms. The third-order valence-electron chi connectivity index (χ3n) is 3.19. The molecular weight excluding hydrogens is 396 g/mol. The Morgan fingerprint density at radius 1 is 1.12 bits per heavy atom. The lowest BCUT2D eigenvalue weighted by atomic mass is 10.2. The van der Waals surface area contributed by atoms with E-state index in [-0.39, 0.29) is 18.4 Å². The largest absolute Gasteiger partial charge is 0.493 e. The highest BCUT2D eigenvalue weighted by molar-refractivity contribution is 9.10. The van der Waals surface area contributed by atoms with Gasteiger partial charge in [-0.3, -0.25) is 0 Å². The molecular formula is C16H13BrN2O6. The Labute approximate surface area is 150 Å². The van der Waals surface area contributed by atoms with Gasteiger partial charge in [0, 0.05) is 0 Å². The molecule has 0 bridgehead atoms. The van der Waals surface area contributed by atoms with Crippen molar-refractivity contribution < 1.29 is 27.8 Å². The van der Waals surface area contributed by atoms with Gasteiger partial charge in [-0.15, -0.1) is 10.2 Å². The van der Waals surface area contributed by atoms with E-state index in [0.29, 0.717) is 27.5 Å². The fourth-order valence-electron chi connectivity index (χ4n) is 2.01. The summed E-state index contributed by atoms with van der Waals surface area (Å²) in [5, 5.41) is 7.80. The zero-order chi connectivity index (χ0) is 17.8. The standard InChI is InChI=1S/C16H13BrN2O6/c1-21-12-7-9(16(20)22-2)3-4-10(12)23-8-14-18-19-15(25-14)11-5-6-13(17)24-11/h3-7H,8H2,1-2H3. The number of rotatable bonds is 6. The third kappa shape index (κ3) is 3.82. The number of furan rings is 1. The van der Waals surface area contributed by atoms with E-state index in [1.54, 1.807) is 24.3 Å². The number of benzene rings is 1. The predicted molar refractivity (Wildman–Crippen MR) is 88.4 cm³/mol. The number of ether oxygens (including phenoxy) is 3. The van der Waals surface area contributed by atoms with Crippen molar-refractivity contribution in [3.8, 4) is 23.1 Å². The summed E-state index contributed by atoms with van der Waals surface area (Å²) in [5.41, 5.74) is 0.357. The van der Waals surface area contributed by atoms with E-state index < -0.39 is 5.97 Å². The number of esters is 1. The Balaban J connectivity index is 1.71. The quantitative estimate of drug-likeness (QED) is 0.571. The molecule has 0 aliphatic carbocycles. The Hall–Kier alpha value is -2.81. The number of nitrogens with zero attached hydrogens (tertiary/aromatic N) is 2. The molecule has 9 heteroatoms. The molecule has 3 aromatic rings. The predicted octanol–water partition coefficient (Wildman–Crippen LogP) is 3.47.